The van der Waals surface area contributed by atoms with Crippen LogP contribution in [0.5, 0.6) is 0 Å². The van der Waals surface area contributed by atoms with Crippen LogP contribution in [-0.2, 0) is 4.79 Å². The van der Waals surface area contributed by atoms with Gasteiger partial charge in [0, 0.05) is 35.2 Å². The maximum atomic E-state index is 12.5. The molecular formula is C25H31N2O5S+. The van der Waals surface area contributed by atoms with Crippen molar-refractivity contribution < 1.29 is 29.1 Å². The molecule has 3 rings (SSSR count). The van der Waals surface area contributed by atoms with Gasteiger partial charge in [0.25, 0.3) is 0 Å². The Morgan fingerprint density at radius 2 is 1.70 bits per heavy atom. The normalized spacial score (nSPS) is 20.6. The third kappa shape index (κ3) is 5.63. The van der Waals surface area contributed by atoms with Crippen molar-refractivity contribution in [2.45, 2.75) is 30.4 Å². The summed E-state index contributed by atoms with van der Waals surface area (Å²) in [6, 6.07) is 16.1. The Morgan fingerprint density at radius 3 is 2.24 bits per heavy atom. The highest BCUT2D eigenvalue weighted by atomic mass is 32.2. The molecule has 1 heterocycles. The van der Waals surface area contributed by atoms with Crippen molar-refractivity contribution in [2.75, 3.05) is 32.9 Å². The maximum Gasteiger partial charge on any atom is 0.421 e. The smallest absolute Gasteiger partial charge is 0.421 e. The number of hydrogen-bond acceptors (Lipinski definition) is 5. The molecule has 2 aromatic rings. The highest BCUT2D eigenvalue weighted by Gasteiger charge is 2.55. The molecule has 2 aromatic carbocycles. The molecule has 1 aliphatic heterocycles. The van der Waals surface area contributed by atoms with E-state index in [1.165, 1.54) is 11.8 Å². The van der Waals surface area contributed by atoms with Gasteiger partial charge < -0.3 is 10.2 Å². The highest BCUT2D eigenvalue weighted by Crippen LogP contribution is 2.30. The number of benzene rings is 2. The number of likely N-dealkylation sites (N-methyl/N-ethyl adjacent to an activating group) is 1. The van der Waals surface area contributed by atoms with E-state index in [9.17, 15) is 24.6 Å². The molecule has 2 atom stereocenters. The number of hydrogen-bond donors (Lipinski definition) is 2. The topological polar surface area (TPSA) is 94.9 Å². The van der Waals surface area contributed by atoms with E-state index in [-0.39, 0.29) is 22.8 Å². The Labute approximate surface area is 198 Å². The van der Waals surface area contributed by atoms with Gasteiger partial charge in [-0.2, -0.15) is 0 Å². The highest BCUT2D eigenvalue weighted by molar-refractivity contribution is 7.99. The van der Waals surface area contributed by atoms with E-state index in [0.717, 1.165) is 4.90 Å². The number of urea groups is 1. The monoisotopic (exact) mass is 471 g/mol. The molecule has 1 aliphatic rings. The fraction of sp³-hybridized carbons (Fsp3) is 0.400. The van der Waals surface area contributed by atoms with E-state index in [1.54, 1.807) is 50.2 Å². The molecule has 0 saturated carbocycles. The minimum Gasteiger partial charge on any atom is -0.481 e. The van der Waals surface area contributed by atoms with Gasteiger partial charge in [-0.05, 0) is 37.1 Å². The van der Waals surface area contributed by atoms with Crippen molar-refractivity contribution in [1.82, 2.24) is 4.90 Å². The Hall–Kier alpha value is -2.68. The second-order valence-electron chi connectivity index (χ2n) is 9.08. The Balaban J connectivity index is 1.51. The molecule has 2 amide bonds. The van der Waals surface area contributed by atoms with Crippen LogP contribution in [0.3, 0.4) is 0 Å². The number of nitrogens with zero attached hydrogens (tertiary/aromatic N) is 2. The lowest BCUT2D eigenvalue weighted by Gasteiger charge is -2.31. The molecule has 33 heavy (non-hydrogen) atoms. The zero-order valence-electron chi connectivity index (χ0n) is 19.2. The van der Waals surface area contributed by atoms with E-state index in [2.05, 4.69) is 0 Å². The number of carbonyl (C=O) groups is 3. The number of aliphatic hydroxyl groups is 1. The van der Waals surface area contributed by atoms with Crippen LogP contribution in [0.25, 0.3) is 0 Å². The molecule has 7 nitrogen and oxygen atoms in total. The lowest BCUT2D eigenvalue weighted by Crippen LogP contribution is -2.56. The Bertz CT molecular complexity index is 1010. The number of thioether (sulfide) groups is 1. The first-order chi connectivity index (χ1) is 15.5. The maximum absolute atomic E-state index is 12.5. The van der Waals surface area contributed by atoms with Crippen molar-refractivity contribution in [3.63, 3.8) is 0 Å². The summed E-state index contributed by atoms with van der Waals surface area (Å²) in [6.07, 6.45) is 0.982. The van der Waals surface area contributed by atoms with E-state index in [1.807, 2.05) is 30.3 Å². The van der Waals surface area contributed by atoms with Crippen molar-refractivity contribution in [3.05, 3.63) is 65.7 Å². The summed E-state index contributed by atoms with van der Waals surface area (Å²) in [5, 5.41) is 20.1. The van der Waals surface area contributed by atoms with Crippen molar-refractivity contribution in [3.8, 4) is 0 Å². The Kier molecular flexibility index (Phi) is 7.62. The quantitative estimate of drug-likeness (QED) is 0.312. The van der Waals surface area contributed by atoms with E-state index < -0.39 is 17.6 Å². The first-order valence-corrected chi connectivity index (χ1v) is 11.9. The van der Waals surface area contributed by atoms with Crippen molar-refractivity contribution in [2.24, 2.45) is 5.92 Å². The summed E-state index contributed by atoms with van der Waals surface area (Å²) in [5.74, 6) is -1.07. The summed E-state index contributed by atoms with van der Waals surface area (Å²) in [5.41, 5.74) is 0.0598. The van der Waals surface area contributed by atoms with Gasteiger partial charge in [0.05, 0.1) is 20.0 Å². The number of β-amino-alcohol motifs (C(OH)–C–C–N with tert-alkyl or cyclic N) is 1. The van der Waals surface area contributed by atoms with E-state index >= 15 is 0 Å². The van der Waals surface area contributed by atoms with E-state index in [0.29, 0.717) is 36.3 Å². The second-order valence-corrected chi connectivity index (χ2v) is 10.2. The fourth-order valence-electron chi connectivity index (χ4n) is 3.80. The molecule has 2 N–H and O–H groups in total. The first-order valence-electron chi connectivity index (χ1n) is 10.9. The number of rotatable bonds is 10. The van der Waals surface area contributed by atoms with Crippen LogP contribution in [0.4, 0.5) is 4.79 Å². The predicted molar refractivity (Wildman–Crippen MR) is 127 cm³/mol. The molecule has 0 aliphatic carbocycles. The van der Waals surface area contributed by atoms with Gasteiger partial charge in [-0.25, -0.2) is 9.28 Å². The van der Waals surface area contributed by atoms with Crippen LogP contribution < -0.4 is 0 Å². The molecule has 176 valence electrons. The average molecular weight is 472 g/mol. The Morgan fingerprint density at radius 1 is 1.09 bits per heavy atom. The number of quaternary nitrogens is 1. The minimum atomic E-state index is -1.16. The molecule has 0 spiro atoms. The number of carbonyl (C=O) groups excluding carboxylic acids is 2. The molecule has 2 unspecified atom stereocenters. The number of ketones is 1. The summed E-state index contributed by atoms with van der Waals surface area (Å²) in [6.45, 7) is 2.29. The molecular weight excluding hydrogens is 440 g/mol. The molecule has 0 radical (unpaired) electrons. The first kappa shape index (κ1) is 25.0. The fourth-order valence-corrected chi connectivity index (χ4v) is 4.83. The second kappa shape index (κ2) is 10.1. The zero-order chi connectivity index (χ0) is 24.2. The number of amides is 2. The van der Waals surface area contributed by atoms with Crippen LogP contribution in [0, 0.1) is 5.92 Å². The van der Waals surface area contributed by atoms with Crippen LogP contribution in [0.1, 0.15) is 35.7 Å². The number of carboxylic acid groups (broad SMARTS) is 1. The third-order valence-corrected chi connectivity index (χ3v) is 7.55. The van der Waals surface area contributed by atoms with E-state index in [4.69, 9.17) is 0 Å². The number of carboxylic acids is 1. The number of aliphatic carboxylic acids is 1. The van der Waals surface area contributed by atoms with Crippen LogP contribution >= 0.6 is 11.8 Å². The van der Waals surface area contributed by atoms with Gasteiger partial charge in [-0.15, -0.1) is 11.8 Å². The van der Waals surface area contributed by atoms with Crippen LogP contribution in [0.15, 0.2) is 59.5 Å². The summed E-state index contributed by atoms with van der Waals surface area (Å²) < 4.78 is -0.131. The summed E-state index contributed by atoms with van der Waals surface area (Å²) in [4.78, 5) is 39.3. The SMILES string of the molecule is CC1(O)CN(CCCC(CSc2ccc(C(=O)c3ccccc3)cc2)C(=O)O)C(=O)[N+]1(C)C. The van der Waals surface area contributed by atoms with Crippen LogP contribution in [0.2, 0.25) is 0 Å². The van der Waals surface area contributed by atoms with Gasteiger partial charge in [0.15, 0.2) is 5.78 Å². The van der Waals surface area contributed by atoms with Crippen molar-refractivity contribution in [1.29, 1.82) is 0 Å². The van der Waals surface area contributed by atoms with Gasteiger partial charge in [-0.1, -0.05) is 30.3 Å². The lowest BCUT2D eigenvalue weighted by molar-refractivity contribution is -0.881. The van der Waals surface area contributed by atoms with Crippen LogP contribution in [-0.4, -0.2) is 76.0 Å². The predicted octanol–water partition coefficient (Wildman–Crippen LogP) is 3.71. The molecule has 1 fully saturated rings. The zero-order valence-corrected chi connectivity index (χ0v) is 20.0. The average Bonchev–Trinajstić information content (AvgIpc) is 2.94. The van der Waals surface area contributed by atoms with Gasteiger partial charge >= 0.3 is 12.0 Å². The lowest BCUT2D eigenvalue weighted by atomic mass is 10.0. The van der Waals surface area contributed by atoms with Gasteiger partial charge in [0.1, 0.15) is 6.54 Å². The molecule has 0 aromatic heterocycles. The van der Waals surface area contributed by atoms with Crippen molar-refractivity contribution >= 4 is 29.5 Å². The largest absolute Gasteiger partial charge is 0.481 e. The standard InChI is InChI=1S/C25H30N2O5S/c1-25(32)17-26(24(31)27(25,2)3)15-7-10-20(23(29)30)16-33-21-13-11-19(12-14-21)22(28)18-8-5-4-6-9-18/h4-6,8-9,11-14,20,32H,7,10,15-17H2,1-3H3/p+1. The summed E-state index contributed by atoms with van der Waals surface area (Å²) >= 11 is 1.44. The third-order valence-electron chi connectivity index (χ3n) is 6.38. The molecule has 0 bridgehead atoms. The molecule has 1 saturated heterocycles. The van der Waals surface area contributed by atoms with Gasteiger partial charge in [-0.3, -0.25) is 14.5 Å². The summed E-state index contributed by atoms with van der Waals surface area (Å²) in [7, 11) is 3.36. The minimum absolute atomic E-state index is 0.0483. The van der Waals surface area contributed by atoms with Gasteiger partial charge in [0.2, 0.25) is 5.72 Å². The molecule has 8 heteroatoms.